The number of hydrogen-bond acceptors (Lipinski definition) is 4. The summed E-state index contributed by atoms with van der Waals surface area (Å²) in [4.78, 5) is 23.0. The topological polar surface area (TPSA) is 100 Å². The SMILES string of the molecule is CNC1CCCc2c1c(C)c1c(/C(=C/C(=O)O)C(=O)O)c(OC)ccn21. The van der Waals surface area contributed by atoms with Crippen LogP contribution in [0.5, 0.6) is 5.75 Å². The molecular weight excluding hydrogens is 336 g/mol. The third-order valence-electron chi connectivity index (χ3n) is 5.05. The smallest absolute Gasteiger partial charge is 0.336 e. The standard InChI is InChI=1S/C19H22N2O5/c1-10-16-12(20-2)5-4-6-13(16)21-8-7-14(26-3)17(18(10)21)11(19(24)25)9-15(22)23/h7-9,12,20H,4-6H2,1-3H3,(H,22,23)(H,24,25)/b11-9-. The van der Waals surface area contributed by atoms with Gasteiger partial charge in [0.05, 0.1) is 23.8 Å². The Morgan fingerprint density at radius 1 is 1.38 bits per heavy atom. The van der Waals surface area contributed by atoms with Crippen molar-refractivity contribution in [1.29, 1.82) is 0 Å². The highest BCUT2D eigenvalue weighted by Crippen LogP contribution is 2.41. The minimum atomic E-state index is -1.31. The van der Waals surface area contributed by atoms with Gasteiger partial charge in [0.15, 0.2) is 0 Å². The summed E-state index contributed by atoms with van der Waals surface area (Å²) < 4.78 is 7.36. The van der Waals surface area contributed by atoms with Gasteiger partial charge < -0.3 is 24.7 Å². The zero-order chi connectivity index (χ0) is 19.0. The number of aryl methyl sites for hydroxylation is 2. The van der Waals surface area contributed by atoms with Crippen molar-refractivity contribution in [2.24, 2.45) is 0 Å². The molecule has 0 saturated heterocycles. The number of aliphatic carboxylic acids is 2. The minimum absolute atomic E-state index is 0.189. The van der Waals surface area contributed by atoms with Crippen LogP contribution in [0.25, 0.3) is 11.1 Å². The molecule has 7 heteroatoms. The predicted octanol–water partition coefficient (Wildman–Crippen LogP) is 2.41. The Hall–Kier alpha value is -2.80. The number of carboxylic acids is 2. The molecule has 3 rings (SSSR count). The van der Waals surface area contributed by atoms with Crippen molar-refractivity contribution in [3.05, 3.63) is 40.7 Å². The second-order valence-corrected chi connectivity index (χ2v) is 6.40. The van der Waals surface area contributed by atoms with E-state index in [-0.39, 0.29) is 11.6 Å². The lowest BCUT2D eigenvalue weighted by Crippen LogP contribution is -2.21. The zero-order valence-corrected chi connectivity index (χ0v) is 15.0. The maximum Gasteiger partial charge on any atom is 0.336 e. The quantitative estimate of drug-likeness (QED) is 0.710. The molecule has 0 spiro atoms. The van der Waals surface area contributed by atoms with Crippen molar-refractivity contribution < 1.29 is 24.5 Å². The van der Waals surface area contributed by atoms with Crippen molar-refractivity contribution in [3.8, 4) is 5.75 Å². The Kier molecular flexibility index (Phi) is 4.73. The molecule has 0 fully saturated rings. The summed E-state index contributed by atoms with van der Waals surface area (Å²) in [6.45, 7) is 1.95. The van der Waals surface area contributed by atoms with Crippen LogP contribution in [-0.4, -0.2) is 40.7 Å². The van der Waals surface area contributed by atoms with E-state index in [4.69, 9.17) is 9.84 Å². The summed E-state index contributed by atoms with van der Waals surface area (Å²) in [6.07, 6.45) is 5.51. The molecule has 1 atom stereocenters. The molecule has 2 heterocycles. The number of nitrogens with one attached hydrogen (secondary N) is 1. The number of hydrogen-bond donors (Lipinski definition) is 3. The molecule has 0 aromatic carbocycles. The summed E-state index contributed by atoms with van der Waals surface area (Å²) in [5.41, 5.74) is 3.93. The second-order valence-electron chi connectivity index (χ2n) is 6.40. The first-order chi connectivity index (χ1) is 12.4. The first-order valence-corrected chi connectivity index (χ1v) is 8.46. The number of carboxylic acid groups (broad SMARTS) is 2. The number of fused-ring (bicyclic) bond motifs is 3. The molecule has 0 saturated carbocycles. The number of aromatic nitrogens is 1. The average Bonchev–Trinajstić information content (AvgIpc) is 2.91. The van der Waals surface area contributed by atoms with Crippen LogP contribution in [0.4, 0.5) is 0 Å². The van der Waals surface area contributed by atoms with Gasteiger partial charge in [-0.15, -0.1) is 0 Å². The van der Waals surface area contributed by atoms with Gasteiger partial charge in [0, 0.05) is 24.0 Å². The molecule has 0 aliphatic heterocycles. The summed E-state index contributed by atoms with van der Waals surface area (Å²) in [5.74, 6) is -2.28. The van der Waals surface area contributed by atoms with Gasteiger partial charge in [-0.05, 0) is 50.4 Å². The summed E-state index contributed by atoms with van der Waals surface area (Å²) in [5, 5.41) is 22.1. The highest BCUT2D eigenvalue weighted by atomic mass is 16.5. The van der Waals surface area contributed by atoms with Crippen LogP contribution in [0, 0.1) is 6.92 Å². The number of carbonyl (C=O) groups is 2. The zero-order valence-electron chi connectivity index (χ0n) is 15.0. The molecule has 0 bridgehead atoms. The maximum atomic E-state index is 11.8. The molecule has 7 nitrogen and oxygen atoms in total. The van der Waals surface area contributed by atoms with E-state index in [1.54, 1.807) is 6.07 Å². The van der Waals surface area contributed by atoms with Crippen molar-refractivity contribution in [3.63, 3.8) is 0 Å². The van der Waals surface area contributed by atoms with Crippen LogP contribution in [0.1, 0.15) is 41.3 Å². The van der Waals surface area contributed by atoms with Gasteiger partial charge in [-0.25, -0.2) is 9.59 Å². The molecular formula is C19H22N2O5. The molecule has 1 aliphatic rings. The van der Waals surface area contributed by atoms with E-state index in [2.05, 4.69) is 5.32 Å². The first-order valence-electron chi connectivity index (χ1n) is 8.46. The van der Waals surface area contributed by atoms with Crippen LogP contribution in [0.15, 0.2) is 18.3 Å². The molecule has 0 radical (unpaired) electrons. The summed E-state index contributed by atoms with van der Waals surface area (Å²) in [7, 11) is 3.36. The van der Waals surface area contributed by atoms with E-state index in [9.17, 15) is 14.7 Å². The van der Waals surface area contributed by atoms with Gasteiger partial charge in [-0.1, -0.05) is 0 Å². The molecule has 1 unspecified atom stereocenters. The molecule has 3 N–H and O–H groups in total. The first kappa shape index (κ1) is 18.0. The maximum absolute atomic E-state index is 11.8. The lowest BCUT2D eigenvalue weighted by molar-refractivity contribution is -0.133. The third kappa shape index (κ3) is 2.74. The van der Waals surface area contributed by atoms with Gasteiger partial charge in [0.1, 0.15) is 5.75 Å². The third-order valence-corrected chi connectivity index (χ3v) is 5.05. The number of pyridine rings is 1. The van der Waals surface area contributed by atoms with Crippen molar-refractivity contribution in [1.82, 2.24) is 9.72 Å². The van der Waals surface area contributed by atoms with Crippen molar-refractivity contribution in [2.75, 3.05) is 14.2 Å². The Balaban J connectivity index is 2.43. The van der Waals surface area contributed by atoms with E-state index in [0.29, 0.717) is 16.8 Å². The van der Waals surface area contributed by atoms with E-state index in [1.165, 1.54) is 7.11 Å². The van der Waals surface area contributed by atoms with Crippen LogP contribution in [0.2, 0.25) is 0 Å². The minimum Gasteiger partial charge on any atom is -0.496 e. The van der Waals surface area contributed by atoms with Crippen LogP contribution in [-0.2, 0) is 16.0 Å². The Morgan fingerprint density at radius 3 is 2.69 bits per heavy atom. The van der Waals surface area contributed by atoms with E-state index in [1.807, 2.05) is 24.6 Å². The van der Waals surface area contributed by atoms with E-state index < -0.39 is 11.9 Å². The Labute approximate surface area is 150 Å². The number of ether oxygens (including phenoxy) is 1. The largest absolute Gasteiger partial charge is 0.496 e. The highest BCUT2D eigenvalue weighted by Gasteiger charge is 2.30. The molecule has 2 aromatic rings. The van der Waals surface area contributed by atoms with Crippen LogP contribution >= 0.6 is 0 Å². The summed E-state index contributed by atoms with van der Waals surface area (Å²) in [6, 6.07) is 1.87. The van der Waals surface area contributed by atoms with Gasteiger partial charge in [-0.3, -0.25) is 0 Å². The molecule has 138 valence electrons. The fourth-order valence-electron chi connectivity index (χ4n) is 4.02. The monoisotopic (exact) mass is 358 g/mol. The van der Waals surface area contributed by atoms with Gasteiger partial charge >= 0.3 is 11.9 Å². The molecule has 1 aliphatic carbocycles. The fraction of sp³-hybridized carbons (Fsp3) is 0.368. The van der Waals surface area contributed by atoms with Crippen molar-refractivity contribution >= 4 is 23.0 Å². The lowest BCUT2D eigenvalue weighted by Gasteiger charge is -2.23. The van der Waals surface area contributed by atoms with E-state index >= 15 is 0 Å². The predicted molar refractivity (Wildman–Crippen MR) is 96.7 cm³/mol. The summed E-state index contributed by atoms with van der Waals surface area (Å²) >= 11 is 0. The second kappa shape index (κ2) is 6.84. The lowest BCUT2D eigenvalue weighted by atomic mass is 9.90. The number of nitrogens with zero attached hydrogens (tertiary/aromatic N) is 1. The molecule has 2 aromatic heterocycles. The Morgan fingerprint density at radius 2 is 2.12 bits per heavy atom. The van der Waals surface area contributed by atoms with Crippen LogP contribution < -0.4 is 10.1 Å². The van der Waals surface area contributed by atoms with E-state index in [0.717, 1.165) is 42.2 Å². The van der Waals surface area contributed by atoms with Crippen LogP contribution in [0.3, 0.4) is 0 Å². The highest BCUT2D eigenvalue weighted by molar-refractivity contribution is 6.22. The fourth-order valence-corrected chi connectivity index (χ4v) is 4.02. The van der Waals surface area contributed by atoms with Gasteiger partial charge in [-0.2, -0.15) is 0 Å². The van der Waals surface area contributed by atoms with Gasteiger partial charge in [0.25, 0.3) is 0 Å². The number of methoxy groups -OCH3 is 1. The average molecular weight is 358 g/mol. The Bertz CT molecular complexity index is 926. The molecule has 26 heavy (non-hydrogen) atoms. The van der Waals surface area contributed by atoms with Gasteiger partial charge in [0.2, 0.25) is 0 Å². The number of rotatable bonds is 5. The van der Waals surface area contributed by atoms with Crippen molar-refractivity contribution in [2.45, 2.75) is 32.2 Å². The normalized spacial score (nSPS) is 17.2. The molecule has 0 amide bonds.